The van der Waals surface area contributed by atoms with Gasteiger partial charge in [0.05, 0.1) is 18.4 Å². The largest absolute Gasteiger partial charge is 0.479 e. The Hall–Kier alpha value is -2.24. The van der Waals surface area contributed by atoms with E-state index in [0.717, 1.165) is 0 Å². The Morgan fingerprint density at radius 2 is 2.06 bits per heavy atom. The highest BCUT2D eigenvalue weighted by Gasteiger charge is 2.15. The van der Waals surface area contributed by atoms with Crippen molar-refractivity contribution in [1.82, 2.24) is 5.32 Å². The lowest BCUT2D eigenvalue weighted by Crippen LogP contribution is -2.33. The van der Waals surface area contributed by atoms with Crippen LogP contribution in [0.3, 0.4) is 0 Å². The maximum Gasteiger partial charge on any atom is 0.337 e. The van der Waals surface area contributed by atoms with Crippen LogP contribution in [0.4, 0.5) is 5.69 Å². The fourth-order valence-corrected chi connectivity index (χ4v) is 1.35. The predicted octanol–water partition coefficient (Wildman–Crippen LogP) is 0.569. The van der Waals surface area contributed by atoms with Crippen LogP contribution in [0.25, 0.3) is 0 Å². The fourth-order valence-electron chi connectivity index (χ4n) is 1.35. The number of ether oxygens (including phenoxy) is 2. The van der Waals surface area contributed by atoms with Gasteiger partial charge in [-0.25, -0.2) is 4.79 Å². The molecule has 0 spiro atoms. The first-order valence-corrected chi connectivity index (χ1v) is 5.35. The maximum absolute atomic E-state index is 11.3. The van der Waals surface area contributed by atoms with Gasteiger partial charge in [0.1, 0.15) is 5.75 Å². The monoisotopic (exact) mass is 252 g/mol. The van der Waals surface area contributed by atoms with Crippen molar-refractivity contribution in [2.75, 3.05) is 19.9 Å². The second kappa shape index (κ2) is 5.90. The highest BCUT2D eigenvalue weighted by Crippen LogP contribution is 2.24. The number of likely N-dealkylation sites (N-methyl/N-ethyl adjacent to an activating group) is 1. The van der Waals surface area contributed by atoms with E-state index in [9.17, 15) is 9.59 Å². The minimum Gasteiger partial charge on any atom is -0.479 e. The molecular weight excluding hydrogens is 236 g/mol. The molecule has 0 radical (unpaired) electrons. The Morgan fingerprint density at radius 3 is 2.56 bits per heavy atom. The van der Waals surface area contributed by atoms with Gasteiger partial charge < -0.3 is 20.5 Å². The number of nitrogens with one attached hydrogen (secondary N) is 1. The van der Waals surface area contributed by atoms with E-state index in [1.165, 1.54) is 32.4 Å². The quantitative estimate of drug-likeness (QED) is 0.604. The molecule has 6 heteroatoms. The van der Waals surface area contributed by atoms with Crippen LogP contribution in [0.5, 0.6) is 5.75 Å². The number of carbonyl (C=O) groups is 2. The molecule has 0 aliphatic heterocycles. The molecule has 3 N–H and O–H groups in total. The molecule has 0 aromatic heterocycles. The number of hydrogen-bond acceptors (Lipinski definition) is 5. The highest BCUT2D eigenvalue weighted by molar-refractivity contribution is 5.91. The van der Waals surface area contributed by atoms with Crippen LogP contribution in [0, 0.1) is 0 Å². The lowest BCUT2D eigenvalue weighted by atomic mass is 10.2. The van der Waals surface area contributed by atoms with Crippen molar-refractivity contribution in [2.24, 2.45) is 0 Å². The summed E-state index contributed by atoms with van der Waals surface area (Å²) in [7, 11) is 2.81. The van der Waals surface area contributed by atoms with E-state index < -0.39 is 12.1 Å². The van der Waals surface area contributed by atoms with Crippen molar-refractivity contribution in [3.8, 4) is 5.75 Å². The summed E-state index contributed by atoms with van der Waals surface area (Å²) >= 11 is 0. The lowest BCUT2D eigenvalue weighted by molar-refractivity contribution is -0.126. The summed E-state index contributed by atoms with van der Waals surface area (Å²) in [6.45, 7) is 1.60. The van der Waals surface area contributed by atoms with Gasteiger partial charge in [-0.1, -0.05) is 0 Å². The Balaban J connectivity index is 2.86. The number of anilines is 1. The topological polar surface area (TPSA) is 90.6 Å². The Bertz CT molecular complexity index is 459. The van der Waals surface area contributed by atoms with Crippen LogP contribution in [0.2, 0.25) is 0 Å². The number of carbonyl (C=O) groups excluding carboxylic acids is 2. The molecule has 1 aromatic rings. The summed E-state index contributed by atoms with van der Waals surface area (Å²) in [5, 5.41) is 2.46. The zero-order valence-corrected chi connectivity index (χ0v) is 10.5. The van der Waals surface area contributed by atoms with E-state index >= 15 is 0 Å². The molecule has 6 nitrogen and oxygen atoms in total. The van der Waals surface area contributed by atoms with E-state index in [4.69, 9.17) is 10.5 Å². The fraction of sp³-hybridized carbons (Fsp3) is 0.333. The van der Waals surface area contributed by atoms with Gasteiger partial charge in [0.2, 0.25) is 0 Å². The van der Waals surface area contributed by atoms with Crippen molar-refractivity contribution in [3.63, 3.8) is 0 Å². The normalized spacial score (nSPS) is 11.5. The van der Waals surface area contributed by atoms with Gasteiger partial charge in [0, 0.05) is 7.05 Å². The van der Waals surface area contributed by atoms with Crippen molar-refractivity contribution < 1.29 is 19.1 Å². The van der Waals surface area contributed by atoms with Crippen LogP contribution >= 0.6 is 0 Å². The highest BCUT2D eigenvalue weighted by atomic mass is 16.5. The smallest absolute Gasteiger partial charge is 0.337 e. The predicted molar refractivity (Wildman–Crippen MR) is 66.4 cm³/mol. The van der Waals surface area contributed by atoms with Crippen molar-refractivity contribution in [1.29, 1.82) is 0 Å². The van der Waals surface area contributed by atoms with Crippen molar-refractivity contribution in [2.45, 2.75) is 13.0 Å². The van der Waals surface area contributed by atoms with Gasteiger partial charge in [0.15, 0.2) is 6.10 Å². The number of methoxy groups -OCH3 is 1. The summed E-state index contributed by atoms with van der Waals surface area (Å²) in [5.41, 5.74) is 6.34. The standard InChI is InChI=1S/C12H16N2O4/c1-7(11(15)14-2)18-10-5-4-8(6-9(10)13)12(16)17-3/h4-7H,13H2,1-3H3,(H,14,15). The van der Waals surface area contributed by atoms with E-state index in [-0.39, 0.29) is 11.6 Å². The first-order valence-electron chi connectivity index (χ1n) is 5.35. The van der Waals surface area contributed by atoms with Crippen LogP contribution in [-0.2, 0) is 9.53 Å². The van der Waals surface area contributed by atoms with Crippen LogP contribution in [0.1, 0.15) is 17.3 Å². The van der Waals surface area contributed by atoms with E-state index in [2.05, 4.69) is 10.1 Å². The number of rotatable bonds is 4. The molecule has 1 rings (SSSR count). The average Bonchev–Trinajstić information content (AvgIpc) is 2.38. The van der Waals surface area contributed by atoms with E-state index in [0.29, 0.717) is 11.3 Å². The molecule has 1 atom stereocenters. The number of nitrogen functional groups attached to an aromatic ring is 1. The van der Waals surface area contributed by atoms with Gasteiger partial charge in [-0.05, 0) is 25.1 Å². The van der Waals surface area contributed by atoms with E-state index in [1.54, 1.807) is 6.92 Å². The van der Waals surface area contributed by atoms with Crippen molar-refractivity contribution in [3.05, 3.63) is 23.8 Å². The SMILES string of the molecule is CNC(=O)C(C)Oc1ccc(C(=O)OC)cc1N. The van der Waals surface area contributed by atoms with Gasteiger partial charge in [-0.3, -0.25) is 4.79 Å². The summed E-state index contributed by atoms with van der Waals surface area (Å²) < 4.78 is 9.95. The number of amides is 1. The van der Waals surface area contributed by atoms with Gasteiger partial charge in [-0.2, -0.15) is 0 Å². The summed E-state index contributed by atoms with van der Waals surface area (Å²) in [6, 6.07) is 4.49. The summed E-state index contributed by atoms with van der Waals surface area (Å²) in [5.74, 6) is -0.391. The molecule has 1 aromatic carbocycles. The molecule has 0 fully saturated rings. The summed E-state index contributed by atoms with van der Waals surface area (Å²) in [4.78, 5) is 22.6. The van der Waals surface area contributed by atoms with Gasteiger partial charge in [-0.15, -0.1) is 0 Å². The molecule has 0 saturated carbocycles. The van der Waals surface area contributed by atoms with Crippen LogP contribution in [0.15, 0.2) is 18.2 Å². The Morgan fingerprint density at radius 1 is 1.39 bits per heavy atom. The molecule has 18 heavy (non-hydrogen) atoms. The number of benzene rings is 1. The van der Waals surface area contributed by atoms with Gasteiger partial charge in [0.25, 0.3) is 5.91 Å². The molecule has 0 saturated heterocycles. The van der Waals surface area contributed by atoms with Crippen LogP contribution < -0.4 is 15.8 Å². The maximum atomic E-state index is 11.3. The Kier molecular flexibility index (Phi) is 4.53. The zero-order valence-electron chi connectivity index (χ0n) is 10.5. The Labute approximate surface area is 105 Å². The van der Waals surface area contributed by atoms with Gasteiger partial charge >= 0.3 is 5.97 Å². The third kappa shape index (κ3) is 3.13. The first-order chi connectivity index (χ1) is 8.49. The minimum atomic E-state index is -0.665. The molecule has 98 valence electrons. The minimum absolute atomic E-state index is 0.258. The summed E-state index contributed by atoms with van der Waals surface area (Å²) in [6.07, 6.45) is -0.665. The lowest BCUT2D eigenvalue weighted by Gasteiger charge is -2.15. The first kappa shape index (κ1) is 13.8. The molecule has 0 aliphatic carbocycles. The molecule has 0 aliphatic rings. The second-order valence-corrected chi connectivity index (χ2v) is 3.62. The molecule has 0 bridgehead atoms. The van der Waals surface area contributed by atoms with Crippen molar-refractivity contribution >= 4 is 17.6 Å². The number of esters is 1. The number of nitrogens with two attached hydrogens (primary N) is 1. The third-order valence-corrected chi connectivity index (χ3v) is 2.35. The molecule has 1 amide bonds. The average molecular weight is 252 g/mol. The van der Waals surface area contributed by atoms with Crippen LogP contribution in [-0.4, -0.2) is 32.1 Å². The molecule has 1 unspecified atom stereocenters. The molecule has 0 heterocycles. The zero-order chi connectivity index (χ0) is 13.7. The number of hydrogen-bond donors (Lipinski definition) is 2. The second-order valence-electron chi connectivity index (χ2n) is 3.62. The van der Waals surface area contributed by atoms with E-state index in [1.807, 2.05) is 0 Å². The third-order valence-electron chi connectivity index (χ3n) is 2.35. The molecular formula is C12H16N2O4.